The molecule has 0 fully saturated rings. The molecule has 2 aromatic carbocycles. The van der Waals surface area contributed by atoms with Crippen LogP contribution in [0.1, 0.15) is 49.3 Å². The lowest BCUT2D eigenvalue weighted by Gasteiger charge is -2.32. The molecule has 2 unspecified atom stereocenters. The van der Waals surface area contributed by atoms with Crippen molar-refractivity contribution in [2.45, 2.75) is 38.2 Å². The quantitative estimate of drug-likeness (QED) is 0.345. The van der Waals surface area contributed by atoms with Gasteiger partial charge in [0.1, 0.15) is 0 Å². The number of benzene rings is 2. The molecule has 8 amide bonds. The second kappa shape index (κ2) is 12.7. The molecule has 0 aromatic heterocycles. The maximum atomic E-state index is 13.2. The molecule has 49 heavy (non-hydrogen) atoms. The molecule has 0 bridgehead atoms. The average Bonchev–Trinajstić information content (AvgIpc) is 3.66. The summed E-state index contributed by atoms with van der Waals surface area (Å²) >= 11 is 1.16. The Morgan fingerprint density at radius 3 is 1.10 bits per heavy atom. The number of carbonyl (C=O) groups is 8. The molecule has 4 aliphatic heterocycles. The lowest BCUT2D eigenvalue weighted by molar-refractivity contribution is -0.138. The van der Waals surface area contributed by atoms with Gasteiger partial charge in [0.15, 0.2) is 0 Å². The molecule has 4 heterocycles. The van der Waals surface area contributed by atoms with Gasteiger partial charge in [-0.2, -0.15) is 0 Å². The first kappa shape index (κ1) is 33.2. The van der Waals surface area contributed by atoms with Crippen molar-refractivity contribution < 1.29 is 38.4 Å². The Kier molecular flexibility index (Phi) is 8.63. The summed E-state index contributed by atoms with van der Waals surface area (Å²) in [4.78, 5) is 109. The lowest BCUT2D eigenvalue weighted by Crippen LogP contribution is -2.38. The first-order valence-electron chi connectivity index (χ1n) is 15.3. The topological polar surface area (TPSA) is 150 Å². The zero-order valence-corrected chi connectivity index (χ0v) is 27.8. The summed E-state index contributed by atoms with van der Waals surface area (Å²) in [6, 6.07) is 13.2. The highest BCUT2D eigenvalue weighted by Crippen LogP contribution is 2.48. The van der Waals surface area contributed by atoms with Crippen LogP contribution in [0.25, 0.3) is 0 Å². The SMILES string of the molecule is CC1=CC(=O)N(CC(SC(CN2C(=O)C=C(C)C2=O)c2ccccc2N2C(=O)C=C(C)C2=O)c2ccccc2N2C(=O)C=C(C)C2=O)C1=O. The Morgan fingerprint density at radius 1 is 0.469 bits per heavy atom. The Bertz CT molecular complexity index is 1900. The molecule has 6 rings (SSSR count). The minimum atomic E-state index is -0.852. The summed E-state index contributed by atoms with van der Waals surface area (Å²) in [5.41, 5.74) is 2.24. The largest absolute Gasteiger partial charge is 0.274 e. The van der Waals surface area contributed by atoms with Crippen LogP contribution < -0.4 is 9.80 Å². The number of carbonyl (C=O) groups excluding carboxylic acids is 8. The van der Waals surface area contributed by atoms with E-state index in [1.165, 1.54) is 52.0 Å². The van der Waals surface area contributed by atoms with Gasteiger partial charge in [-0.25, -0.2) is 9.80 Å². The predicted octanol–water partition coefficient (Wildman–Crippen LogP) is 3.47. The lowest BCUT2D eigenvalue weighted by atomic mass is 10.1. The van der Waals surface area contributed by atoms with Gasteiger partial charge >= 0.3 is 0 Å². The third-order valence-electron chi connectivity index (χ3n) is 8.65. The first-order valence-corrected chi connectivity index (χ1v) is 16.3. The van der Waals surface area contributed by atoms with E-state index in [1.807, 2.05) is 0 Å². The number of rotatable bonds is 10. The molecule has 2 atom stereocenters. The monoisotopic (exact) mass is 678 g/mol. The molecule has 0 radical (unpaired) electrons. The second-order valence-electron chi connectivity index (χ2n) is 12.0. The number of hydrogen-bond donors (Lipinski definition) is 0. The maximum Gasteiger partial charge on any atom is 0.261 e. The summed E-state index contributed by atoms with van der Waals surface area (Å²) in [6.45, 7) is 5.66. The number of thioether (sulfide) groups is 1. The Hall–Kier alpha value is -5.69. The number of hydrogen-bond acceptors (Lipinski definition) is 9. The molecule has 0 saturated heterocycles. The smallest absolute Gasteiger partial charge is 0.261 e. The molecule has 0 spiro atoms. The van der Waals surface area contributed by atoms with Crippen LogP contribution in [-0.2, 0) is 38.4 Å². The minimum Gasteiger partial charge on any atom is -0.274 e. The van der Waals surface area contributed by atoms with Gasteiger partial charge in [-0.1, -0.05) is 36.4 Å². The van der Waals surface area contributed by atoms with Crippen molar-refractivity contribution in [3.8, 4) is 0 Å². The fourth-order valence-electron chi connectivity index (χ4n) is 6.14. The zero-order valence-electron chi connectivity index (χ0n) is 27.0. The summed E-state index contributed by atoms with van der Waals surface area (Å²) in [6.07, 6.45) is 4.89. The van der Waals surface area contributed by atoms with Crippen molar-refractivity contribution in [3.63, 3.8) is 0 Å². The molecule has 0 saturated carbocycles. The summed E-state index contributed by atoms with van der Waals surface area (Å²) < 4.78 is 0. The molecule has 12 nitrogen and oxygen atoms in total. The number of amides is 8. The highest BCUT2D eigenvalue weighted by Gasteiger charge is 2.40. The van der Waals surface area contributed by atoms with Crippen molar-refractivity contribution >= 4 is 70.4 Å². The minimum absolute atomic E-state index is 0.212. The highest BCUT2D eigenvalue weighted by atomic mass is 32.2. The summed E-state index contributed by atoms with van der Waals surface area (Å²) in [7, 11) is 0. The van der Waals surface area contributed by atoms with E-state index in [0.717, 1.165) is 31.4 Å². The normalized spacial score (nSPS) is 19.3. The standard InChI is InChI=1S/C36H30N4O8S/c1-19-13-29(41)37(33(19)45)17-27(23-9-5-7-11-25(23)39-31(43)15-21(3)35(39)47)49-28(18-38-30(42)14-20(2)34(38)46)24-10-6-8-12-26(24)40-32(44)16-22(4)36(40)48/h5-16,27-28H,17-18H2,1-4H3. The zero-order chi connectivity index (χ0) is 35.3. The van der Waals surface area contributed by atoms with Crippen LogP contribution in [0.4, 0.5) is 11.4 Å². The molecule has 248 valence electrons. The van der Waals surface area contributed by atoms with Crippen LogP contribution in [0.3, 0.4) is 0 Å². The van der Waals surface area contributed by atoms with E-state index < -0.39 is 57.8 Å². The summed E-state index contributed by atoms with van der Waals surface area (Å²) in [5.74, 6) is -4.31. The van der Waals surface area contributed by atoms with Crippen molar-refractivity contribution in [1.29, 1.82) is 0 Å². The molecule has 0 N–H and O–H groups in total. The molecular formula is C36H30N4O8S. The molecule has 4 aliphatic rings. The van der Waals surface area contributed by atoms with Crippen molar-refractivity contribution in [2.24, 2.45) is 0 Å². The molecule has 13 heteroatoms. The van der Waals surface area contributed by atoms with Crippen LogP contribution >= 0.6 is 11.8 Å². The first-order chi connectivity index (χ1) is 23.3. The second-order valence-corrected chi connectivity index (χ2v) is 13.4. The van der Waals surface area contributed by atoms with Crippen molar-refractivity contribution in [2.75, 3.05) is 22.9 Å². The van der Waals surface area contributed by atoms with E-state index in [1.54, 1.807) is 48.5 Å². The van der Waals surface area contributed by atoms with Gasteiger partial charge in [-0.15, -0.1) is 11.8 Å². The number of anilines is 2. The Morgan fingerprint density at radius 2 is 0.796 bits per heavy atom. The maximum absolute atomic E-state index is 13.2. The molecule has 2 aromatic rings. The third kappa shape index (κ3) is 5.86. The van der Waals surface area contributed by atoms with Crippen LogP contribution in [0.15, 0.2) is 95.1 Å². The van der Waals surface area contributed by atoms with Gasteiger partial charge in [0.2, 0.25) is 0 Å². The Balaban J connectivity index is 1.49. The van der Waals surface area contributed by atoms with E-state index in [2.05, 4.69) is 0 Å². The average molecular weight is 679 g/mol. The van der Waals surface area contributed by atoms with E-state index in [9.17, 15) is 38.4 Å². The number of nitrogens with zero attached hydrogens (tertiary/aromatic N) is 4. The molecule has 0 aliphatic carbocycles. The van der Waals surface area contributed by atoms with Gasteiger partial charge in [0.25, 0.3) is 47.3 Å². The Labute approximate surface area is 285 Å². The molecular weight excluding hydrogens is 648 g/mol. The third-order valence-corrected chi connectivity index (χ3v) is 10.1. The van der Waals surface area contributed by atoms with Crippen molar-refractivity contribution in [1.82, 2.24) is 9.80 Å². The van der Waals surface area contributed by atoms with Crippen LogP contribution in [0.2, 0.25) is 0 Å². The fourth-order valence-corrected chi connectivity index (χ4v) is 7.70. The van der Waals surface area contributed by atoms with E-state index >= 15 is 0 Å². The van der Waals surface area contributed by atoms with E-state index in [0.29, 0.717) is 11.1 Å². The fraction of sp³-hybridized carbons (Fsp3) is 0.222. The van der Waals surface area contributed by atoms with E-state index in [-0.39, 0.29) is 46.8 Å². The van der Waals surface area contributed by atoms with Gasteiger partial charge < -0.3 is 0 Å². The van der Waals surface area contributed by atoms with Gasteiger partial charge in [-0.3, -0.25) is 48.2 Å². The van der Waals surface area contributed by atoms with Crippen LogP contribution in [-0.4, -0.2) is 70.1 Å². The van der Waals surface area contributed by atoms with Gasteiger partial charge in [-0.05, 0) is 51.0 Å². The van der Waals surface area contributed by atoms with Gasteiger partial charge in [0, 0.05) is 59.7 Å². The van der Waals surface area contributed by atoms with Crippen molar-refractivity contribution in [3.05, 3.63) is 106 Å². The predicted molar refractivity (Wildman–Crippen MR) is 179 cm³/mol. The van der Waals surface area contributed by atoms with E-state index in [4.69, 9.17) is 0 Å². The number of para-hydroxylation sites is 2. The van der Waals surface area contributed by atoms with Crippen LogP contribution in [0, 0.1) is 0 Å². The summed E-state index contributed by atoms with van der Waals surface area (Å²) in [5, 5.41) is -1.70. The van der Waals surface area contributed by atoms with Gasteiger partial charge in [0.05, 0.1) is 21.9 Å². The van der Waals surface area contributed by atoms with Crippen LogP contribution in [0.5, 0.6) is 0 Å². The highest BCUT2D eigenvalue weighted by molar-refractivity contribution is 7.99. The number of imide groups is 4.